The number of sulfonamides is 1. The number of hydrogen-bond acceptors (Lipinski definition) is 4. The van der Waals surface area contributed by atoms with Gasteiger partial charge >= 0.3 is 0 Å². The molecule has 23 heavy (non-hydrogen) atoms. The van der Waals surface area contributed by atoms with Gasteiger partial charge in [-0.25, -0.2) is 12.7 Å². The highest BCUT2D eigenvalue weighted by Gasteiger charge is 2.28. The molecular formula is C14H29IN4O2S2. The van der Waals surface area contributed by atoms with E-state index in [1.165, 1.54) is 0 Å². The molecule has 0 radical (unpaired) electrons. The monoisotopic (exact) mass is 476 g/mol. The van der Waals surface area contributed by atoms with Crippen LogP contribution in [0.3, 0.4) is 0 Å². The van der Waals surface area contributed by atoms with Crippen molar-refractivity contribution < 1.29 is 8.42 Å². The van der Waals surface area contributed by atoms with Crippen molar-refractivity contribution in [2.45, 2.75) is 25.5 Å². The lowest BCUT2D eigenvalue weighted by Crippen LogP contribution is -2.50. The second-order valence-electron chi connectivity index (χ2n) is 6.14. The van der Waals surface area contributed by atoms with Crippen LogP contribution in [0.2, 0.25) is 0 Å². The van der Waals surface area contributed by atoms with E-state index in [4.69, 9.17) is 0 Å². The van der Waals surface area contributed by atoms with E-state index in [0.717, 1.165) is 31.2 Å². The lowest BCUT2D eigenvalue weighted by molar-refractivity contribution is 0.376. The summed E-state index contributed by atoms with van der Waals surface area (Å²) >= 11 is 2.03. The second kappa shape index (κ2) is 9.67. The molecule has 2 heterocycles. The van der Waals surface area contributed by atoms with Gasteiger partial charge in [0, 0.05) is 50.8 Å². The van der Waals surface area contributed by atoms with Gasteiger partial charge in [-0.3, -0.25) is 4.99 Å². The number of hydrogen-bond donors (Lipinski definition) is 1. The largest absolute Gasteiger partial charge is 0.355 e. The van der Waals surface area contributed by atoms with Gasteiger partial charge in [0.2, 0.25) is 10.0 Å². The molecule has 136 valence electrons. The van der Waals surface area contributed by atoms with Crippen molar-refractivity contribution >= 4 is 51.7 Å². The SMILES string of the molecule is CN=C(NCCN1CCCS1(=O)=O)N1CCSC(C(C)C)C1.I. The normalized spacial score (nSPS) is 25.5. The lowest BCUT2D eigenvalue weighted by atomic mass is 10.1. The standard InChI is InChI=1S/C14H28N4O2S2.HI/c1-12(2)13-11-17(8-9-21-13)14(15-3)16-5-7-18-6-4-10-22(18,19)20;/h12-13H,4-11H2,1-3H3,(H,15,16);1H. The third-order valence-corrected chi connectivity index (χ3v) is 7.69. The van der Waals surface area contributed by atoms with Crippen molar-refractivity contribution in [1.29, 1.82) is 0 Å². The molecule has 0 aromatic carbocycles. The molecule has 0 aromatic heterocycles. The van der Waals surface area contributed by atoms with Gasteiger partial charge in [0.1, 0.15) is 0 Å². The maximum absolute atomic E-state index is 11.8. The Morgan fingerprint density at radius 2 is 2.13 bits per heavy atom. The molecule has 0 aliphatic carbocycles. The highest BCUT2D eigenvalue weighted by atomic mass is 127. The second-order valence-corrected chi connectivity index (χ2v) is 9.58. The van der Waals surface area contributed by atoms with Crippen molar-refractivity contribution in [2.75, 3.05) is 51.3 Å². The average molecular weight is 476 g/mol. The molecule has 2 fully saturated rings. The molecule has 6 nitrogen and oxygen atoms in total. The number of thioether (sulfide) groups is 1. The predicted molar refractivity (Wildman–Crippen MR) is 109 cm³/mol. The highest BCUT2D eigenvalue weighted by Crippen LogP contribution is 2.24. The molecule has 1 atom stereocenters. The van der Waals surface area contributed by atoms with E-state index in [0.29, 0.717) is 36.6 Å². The van der Waals surface area contributed by atoms with Crippen molar-refractivity contribution in [2.24, 2.45) is 10.9 Å². The topological polar surface area (TPSA) is 65.0 Å². The third kappa shape index (κ3) is 5.93. The van der Waals surface area contributed by atoms with E-state index in [-0.39, 0.29) is 24.0 Å². The summed E-state index contributed by atoms with van der Waals surface area (Å²) in [4.78, 5) is 6.65. The summed E-state index contributed by atoms with van der Waals surface area (Å²) in [7, 11) is -1.21. The molecule has 2 aliphatic rings. The fraction of sp³-hybridized carbons (Fsp3) is 0.929. The Kier molecular flexibility index (Phi) is 8.95. The van der Waals surface area contributed by atoms with Crippen LogP contribution in [0.15, 0.2) is 4.99 Å². The smallest absolute Gasteiger partial charge is 0.214 e. The van der Waals surface area contributed by atoms with Gasteiger partial charge in [-0.05, 0) is 12.3 Å². The maximum Gasteiger partial charge on any atom is 0.214 e. The van der Waals surface area contributed by atoms with Crippen LogP contribution in [-0.4, -0.2) is 80.1 Å². The first-order valence-electron chi connectivity index (χ1n) is 7.99. The van der Waals surface area contributed by atoms with E-state index in [1.807, 2.05) is 11.8 Å². The number of guanidine groups is 1. The van der Waals surface area contributed by atoms with E-state index in [2.05, 4.69) is 29.1 Å². The van der Waals surface area contributed by atoms with E-state index in [9.17, 15) is 8.42 Å². The van der Waals surface area contributed by atoms with Gasteiger partial charge in [-0.1, -0.05) is 13.8 Å². The van der Waals surface area contributed by atoms with Gasteiger partial charge in [-0.15, -0.1) is 24.0 Å². The van der Waals surface area contributed by atoms with Crippen LogP contribution in [0.25, 0.3) is 0 Å². The molecule has 2 saturated heterocycles. The zero-order valence-corrected chi connectivity index (χ0v) is 18.2. The molecule has 2 rings (SSSR count). The van der Waals surface area contributed by atoms with Crippen LogP contribution in [0.5, 0.6) is 0 Å². The number of halogens is 1. The van der Waals surface area contributed by atoms with Crippen LogP contribution < -0.4 is 5.32 Å². The predicted octanol–water partition coefficient (Wildman–Crippen LogP) is 1.29. The van der Waals surface area contributed by atoms with Gasteiger partial charge in [-0.2, -0.15) is 11.8 Å². The quantitative estimate of drug-likeness (QED) is 0.377. The molecular weight excluding hydrogens is 447 g/mol. The van der Waals surface area contributed by atoms with Gasteiger partial charge in [0.15, 0.2) is 5.96 Å². The Balaban J connectivity index is 0.00000264. The fourth-order valence-corrected chi connectivity index (χ4v) is 5.67. The molecule has 0 aromatic rings. The van der Waals surface area contributed by atoms with Crippen LogP contribution in [0, 0.1) is 5.92 Å². The third-order valence-electron chi connectivity index (χ3n) is 4.20. The van der Waals surface area contributed by atoms with E-state index < -0.39 is 10.0 Å². The van der Waals surface area contributed by atoms with Crippen molar-refractivity contribution in [3.8, 4) is 0 Å². The molecule has 1 unspecified atom stereocenters. The minimum absolute atomic E-state index is 0. The minimum Gasteiger partial charge on any atom is -0.355 e. The zero-order chi connectivity index (χ0) is 16.2. The number of nitrogens with one attached hydrogen (secondary N) is 1. The van der Waals surface area contributed by atoms with Crippen LogP contribution in [0.4, 0.5) is 0 Å². The summed E-state index contributed by atoms with van der Waals surface area (Å²) in [5, 5.41) is 3.95. The Morgan fingerprint density at radius 3 is 2.70 bits per heavy atom. The van der Waals surface area contributed by atoms with Crippen LogP contribution in [0.1, 0.15) is 20.3 Å². The molecule has 0 saturated carbocycles. The van der Waals surface area contributed by atoms with Gasteiger partial charge in [0.05, 0.1) is 5.75 Å². The number of rotatable bonds is 4. The summed E-state index contributed by atoms with van der Waals surface area (Å²) in [6, 6.07) is 0. The minimum atomic E-state index is -3.00. The molecule has 9 heteroatoms. The Hall–Kier alpha value is 0.260. The summed E-state index contributed by atoms with van der Waals surface area (Å²) in [5.74, 6) is 2.95. The highest BCUT2D eigenvalue weighted by molar-refractivity contribution is 14.0. The molecule has 0 amide bonds. The maximum atomic E-state index is 11.8. The first kappa shape index (κ1) is 21.3. The number of nitrogens with zero attached hydrogens (tertiary/aromatic N) is 3. The molecule has 0 spiro atoms. The van der Waals surface area contributed by atoms with Crippen molar-refractivity contribution in [1.82, 2.24) is 14.5 Å². The Bertz CT molecular complexity index is 499. The molecule has 2 aliphatic heterocycles. The Morgan fingerprint density at radius 1 is 1.39 bits per heavy atom. The zero-order valence-electron chi connectivity index (χ0n) is 14.2. The number of aliphatic imine (C=N–C) groups is 1. The average Bonchev–Trinajstić information content (AvgIpc) is 2.82. The Labute approximate surface area is 161 Å². The van der Waals surface area contributed by atoms with Crippen LogP contribution in [-0.2, 0) is 10.0 Å². The summed E-state index contributed by atoms with van der Waals surface area (Å²) in [5.41, 5.74) is 0. The summed E-state index contributed by atoms with van der Waals surface area (Å²) in [6.45, 7) is 8.31. The van der Waals surface area contributed by atoms with Gasteiger partial charge < -0.3 is 10.2 Å². The molecule has 0 bridgehead atoms. The first-order valence-corrected chi connectivity index (χ1v) is 10.6. The first-order chi connectivity index (χ1) is 10.4. The summed E-state index contributed by atoms with van der Waals surface area (Å²) < 4.78 is 25.1. The fourth-order valence-electron chi connectivity index (χ4n) is 2.84. The van der Waals surface area contributed by atoms with Crippen LogP contribution >= 0.6 is 35.7 Å². The summed E-state index contributed by atoms with van der Waals surface area (Å²) in [6.07, 6.45) is 0.747. The lowest BCUT2D eigenvalue weighted by Gasteiger charge is -2.36. The van der Waals surface area contributed by atoms with Crippen molar-refractivity contribution in [3.63, 3.8) is 0 Å². The molecule has 1 N–H and O–H groups in total. The van der Waals surface area contributed by atoms with Gasteiger partial charge in [0.25, 0.3) is 0 Å². The van der Waals surface area contributed by atoms with E-state index in [1.54, 1.807) is 11.4 Å². The van der Waals surface area contributed by atoms with Crippen molar-refractivity contribution in [3.05, 3.63) is 0 Å². The van der Waals surface area contributed by atoms with E-state index >= 15 is 0 Å².